The van der Waals surface area contributed by atoms with Crippen LogP contribution in [-0.2, 0) is 0 Å². The van der Waals surface area contributed by atoms with E-state index in [4.69, 9.17) is 5.11 Å². The molecule has 0 aromatic carbocycles. The van der Waals surface area contributed by atoms with Gasteiger partial charge in [0.2, 0.25) is 5.56 Å². The Bertz CT molecular complexity index is 525. The monoisotopic (exact) mass is 195 g/mol. The van der Waals surface area contributed by atoms with E-state index in [0.29, 0.717) is 5.52 Å². The summed E-state index contributed by atoms with van der Waals surface area (Å²) in [5.74, 6) is -0.970. The van der Waals surface area contributed by atoms with E-state index in [1.165, 1.54) is 12.1 Å². The van der Waals surface area contributed by atoms with Crippen molar-refractivity contribution < 1.29 is 9.90 Å². The first-order valence-corrected chi connectivity index (χ1v) is 4.34. The van der Waals surface area contributed by atoms with Crippen LogP contribution >= 0.6 is 11.3 Å². The molecular weight excluding hydrogens is 190 g/mol. The van der Waals surface area contributed by atoms with Gasteiger partial charge in [0.05, 0.1) is 10.2 Å². The lowest BCUT2D eigenvalue weighted by molar-refractivity contribution is 0.0702. The second-order valence-electron chi connectivity index (χ2n) is 2.52. The molecule has 5 heteroatoms. The number of aromatic carboxylic acids is 1. The Morgan fingerprint density at radius 1 is 1.46 bits per heavy atom. The van der Waals surface area contributed by atoms with Gasteiger partial charge in [-0.2, -0.15) is 0 Å². The fraction of sp³-hybridized carbons (Fsp3) is 0. The highest BCUT2D eigenvalue weighted by Gasteiger charge is 2.07. The van der Waals surface area contributed by atoms with Crippen LogP contribution in [0, 0.1) is 0 Å². The number of carboxylic acid groups (broad SMARTS) is 1. The second kappa shape index (κ2) is 2.70. The van der Waals surface area contributed by atoms with E-state index in [9.17, 15) is 9.59 Å². The number of aromatic amines is 1. The van der Waals surface area contributed by atoms with E-state index >= 15 is 0 Å². The van der Waals surface area contributed by atoms with Crippen LogP contribution in [0.4, 0.5) is 0 Å². The van der Waals surface area contributed by atoms with E-state index in [2.05, 4.69) is 4.98 Å². The third-order valence-corrected chi connectivity index (χ3v) is 2.70. The third-order valence-electron chi connectivity index (χ3n) is 1.62. The van der Waals surface area contributed by atoms with Gasteiger partial charge in [0.15, 0.2) is 0 Å². The van der Waals surface area contributed by atoms with Crippen LogP contribution < -0.4 is 5.56 Å². The molecule has 13 heavy (non-hydrogen) atoms. The molecule has 0 bridgehead atoms. The van der Waals surface area contributed by atoms with Gasteiger partial charge in [-0.25, -0.2) is 4.79 Å². The lowest BCUT2D eigenvalue weighted by atomic mass is 10.4. The second-order valence-corrected chi connectivity index (χ2v) is 3.60. The molecule has 0 saturated carbocycles. The van der Waals surface area contributed by atoms with Crippen LogP contribution in [-0.4, -0.2) is 16.1 Å². The zero-order valence-electron chi connectivity index (χ0n) is 6.40. The van der Waals surface area contributed by atoms with Crippen molar-refractivity contribution >= 4 is 27.5 Å². The van der Waals surface area contributed by atoms with Crippen LogP contribution in [0.2, 0.25) is 0 Å². The lowest BCUT2D eigenvalue weighted by Gasteiger charge is -1.83. The normalized spacial score (nSPS) is 10.5. The topological polar surface area (TPSA) is 70.2 Å². The smallest absolute Gasteiger partial charge is 0.345 e. The van der Waals surface area contributed by atoms with Gasteiger partial charge in [-0.15, -0.1) is 11.3 Å². The fourth-order valence-corrected chi connectivity index (χ4v) is 1.91. The molecule has 0 aliphatic rings. The van der Waals surface area contributed by atoms with Crippen molar-refractivity contribution in [1.29, 1.82) is 0 Å². The molecule has 0 unspecified atom stereocenters. The summed E-state index contributed by atoms with van der Waals surface area (Å²) in [5.41, 5.74) is 0.358. The lowest BCUT2D eigenvalue weighted by Crippen LogP contribution is -2.00. The van der Waals surface area contributed by atoms with Crippen LogP contribution in [0.25, 0.3) is 10.2 Å². The number of hydrogen-bond donors (Lipinski definition) is 2. The molecule has 0 spiro atoms. The Hall–Kier alpha value is -1.62. The maximum absolute atomic E-state index is 10.9. The number of thiophene rings is 1. The van der Waals surface area contributed by atoms with Gasteiger partial charge in [0.25, 0.3) is 0 Å². The number of carbonyl (C=O) groups is 1. The molecule has 0 atom stereocenters. The Morgan fingerprint density at radius 2 is 2.23 bits per heavy atom. The van der Waals surface area contributed by atoms with E-state index in [1.807, 2.05) is 0 Å². The van der Waals surface area contributed by atoms with Crippen LogP contribution in [0.15, 0.2) is 23.0 Å². The van der Waals surface area contributed by atoms with Crippen LogP contribution in [0.1, 0.15) is 9.67 Å². The largest absolute Gasteiger partial charge is 0.477 e. The fourth-order valence-electron chi connectivity index (χ4n) is 1.06. The molecular formula is C8H5NO3S. The van der Waals surface area contributed by atoms with Gasteiger partial charge in [-0.3, -0.25) is 4.79 Å². The first-order chi connectivity index (χ1) is 6.16. The SMILES string of the molecule is O=C(O)c1cc2[nH]c(=O)ccc2s1. The maximum atomic E-state index is 10.9. The average molecular weight is 195 g/mol. The summed E-state index contributed by atoms with van der Waals surface area (Å²) in [7, 11) is 0. The summed E-state index contributed by atoms with van der Waals surface area (Å²) in [6.45, 7) is 0. The van der Waals surface area contributed by atoms with Crippen LogP contribution in [0.5, 0.6) is 0 Å². The molecule has 0 amide bonds. The molecule has 0 aliphatic carbocycles. The highest BCUT2D eigenvalue weighted by Crippen LogP contribution is 2.22. The molecule has 4 nitrogen and oxygen atoms in total. The predicted octanol–water partition coefficient (Wildman–Crippen LogP) is 1.29. The van der Waals surface area contributed by atoms with E-state index < -0.39 is 5.97 Å². The minimum atomic E-state index is -0.970. The number of carboxylic acids is 1. The molecule has 0 radical (unpaired) electrons. The van der Waals surface area contributed by atoms with Gasteiger partial charge < -0.3 is 10.1 Å². The molecule has 2 aromatic heterocycles. The molecule has 0 saturated heterocycles. The van der Waals surface area contributed by atoms with Crippen molar-refractivity contribution in [2.75, 3.05) is 0 Å². The highest BCUT2D eigenvalue weighted by atomic mass is 32.1. The number of hydrogen-bond acceptors (Lipinski definition) is 3. The Labute approximate surface area is 76.5 Å². The minimum absolute atomic E-state index is 0.220. The summed E-state index contributed by atoms with van der Waals surface area (Å²) >= 11 is 1.14. The number of aromatic nitrogens is 1. The van der Waals surface area contributed by atoms with Gasteiger partial charge in [0, 0.05) is 6.07 Å². The third kappa shape index (κ3) is 1.33. The first kappa shape index (κ1) is 8.00. The van der Waals surface area contributed by atoms with Gasteiger partial charge >= 0.3 is 5.97 Å². The van der Waals surface area contributed by atoms with E-state index in [1.54, 1.807) is 6.07 Å². The number of H-pyrrole nitrogens is 1. The number of rotatable bonds is 1. The number of pyridine rings is 1. The van der Waals surface area contributed by atoms with Crippen molar-refractivity contribution in [1.82, 2.24) is 4.98 Å². The zero-order chi connectivity index (χ0) is 9.42. The van der Waals surface area contributed by atoms with Crippen molar-refractivity contribution in [2.45, 2.75) is 0 Å². The van der Waals surface area contributed by atoms with Crippen molar-refractivity contribution in [3.63, 3.8) is 0 Å². The standard InChI is InChI=1S/C8H5NO3S/c10-7-2-1-5-4(9-7)3-6(13-5)8(11)12/h1-3H,(H,9,10)(H,11,12). The maximum Gasteiger partial charge on any atom is 0.345 e. The summed E-state index contributed by atoms with van der Waals surface area (Å²) in [6, 6.07) is 4.46. The van der Waals surface area contributed by atoms with Gasteiger partial charge in [-0.05, 0) is 12.1 Å². The van der Waals surface area contributed by atoms with Crippen molar-refractivity contribution in [2.24, 2.45) is 0 Å². The van der Waals surface area contributed by atoms with Crippen molar-refractivity contribution in [3.8, 4) is 0 Å². The Balaban J connectivity index is 2.75. The number of nitrogens with one attached hydrogen (secondary N) is 1. The summed E-state index contributed by atoms with van der Waals surface area (Å²) in [5, 5.41) is 8.67. The summed E-state index contributed by atoms with van der Waals surface area (Å²) in [6.07, 6.45) is 0. The Morgan fingerprint density at radius 3 is 2.92 bits per heavy atom. The molecule has 0 fully saturated rings. The minimum Gasteiger partial charge on any atom is -0.477 e. The molecule has 2 aromatic rings. The van der Waals surface area contributed by atoms with Crippen molar-refractivity contribution in [3.05, 3.63) is 33.4 Å². The number of fused-ring (bicyclic) bond motifs is 1. The van der Waals surface area contributed by atoms with Crippen LogP contribution in [0.3, 0.4) is 0 Å². The van der Waals surface area contributed by atoms with Gasteiger partial charge in [0.1, 0.15) is 4.88 Å². The first-order valence-electron chi connectivity index (χ1n) is 3.53. The van der Waals surface area contributed by atoms with Gasteiger partial charge in [-0.1, -0.05) is 0 Å². The molecule has 66 valence electrons. The molecule has 0 aliphatic heterocycles. The van der Waals surface area contributed by atoms with E-state index in [-0.39, 0.29) is 10.4 Å². The predicted molar refractivity (Wildman–Crippen MR) is 49.4 cm³/mol. The molecule has 2 N–H and O–H groups in total. The quantitative estimate of drug-likeness (QED) is 0.720. The highest BCUT2D eigenvalue weighted by molar-refractivity contribution is 7.20. The summed E-state index contributed by atoms with van der Waals surface area (Å²) < 4.78 is 0.775. The van der Waals surface area contributed by atoms with E-state index in [0.717, 1.165) is 16.0 Å². The molecule has 2 rings (SSSR count). The summed E-state index contributed by atoms with van der Waals surface area (Å²) in [4.78, 5) is 24.2. The average Bonchev–Trinajstić information content (AvgIpc) is 2.46. The zero-order valence-corrected chi connectivity index (χ0v) is 7.22. The molecule has 2 heterocycles. The Kier molecular flexibility index (Phi) is 1.66.